The van der Waals surface area contributed by atoms with Crippen LogP contribution < -0.4 is 16.4 Å². The predicted octanol–water partition coefficient (Wildman–Crippen LogP) is 3.98. The van der Waals surface area contributed by atoms with Crippen LogP contribution in [0.2, 0.25) is 0 Å². The zero-order valence-electron chi connectivity index (χ0n) is 17.7. The largest absolute Gasteiger partial charge is 0.434 e. The first kappa shape index (κ1) is 22.0. The second kappa shape index (κ2) is 8.18. The summed E-state index contributed by atoms with van der Waals surface area (Å²) in [5.74, 6) is 1.68. The molecule has 1 aliphatic heterocycles. The first-order valence-corrected chi connectivity index (χ1v) is 11.5. The summed E-state index contributed by atoms with van der Waals surface area (Å²) in [5, 5.41) is 0.221. The molecule has 172 valence electrons. The van der Waals surface area contributed by atoms with E-state index in [1.165, 1.54) is 17.7 Å². The van der Waals surface area contributed by atoms with Crippen molar-refractivity contribution < 1.29 is 13.2 Å². The molecule has 6 nitrogen and oxygen atoms in total. The van der Waals surface area contributed by atoms with Crippen LogP contribution in [0.5, 0.6) is 0 Å². The van der Waals surface area contributed by atoms with Crippen LogP contribution in [0.15, 0.2) is 64.8 Å². The minimum atomic E-state index is -4.56. The molecule has 10 heteroatoms. The molecule has 0 spiro atoms. The lowest BCUT2D eigenvalue weighted by atomic mass is 9.91. The highest BCUT2D eigenvalue weighted by molar-refractivity contribution is 7.99. The number of hydrogen-bond acceptors (Lipinski definition) is 7. The molecular formula is C23H23F3N6S. The highest BCUT2D eigenvalue weighted by atomic mass is 32.2. The van der Waals surface area contributed by atoms with E-state index < -0.39 is 11.9 Å². The smallest absolute Gasteiger partial charge is 0.381 e. The van der Waals surface area contributed by atoms with E-state index in [1.54, 1.807) is 6.20 Å². The van der Waals surface area contributed by atoms with Crippen molar-refractivity contribution in [2.24, 2.45) is 17.6 Å². The molecule has 0 bridgehead atoms. The van der Waals surface area contributed by atoms with Crippen molar-refractivity contribution in [1.82, 2.24) is 15.0 Å². The van der Waals surface area contributed by atoms with Crippen molar-refractivity contribution in [3.05, 3.63) is 66.1 Å². The highest BCUT2D eigenvalue weighted by Gasteiger charge is 2.65. The van der Waals surface area contributed by atoms with Gasteiger partial charge in [0.1, 0.15) is 10.8 Å². The van der Waals surface area contributed by atoms with Gasteiger partial charge < -0.3 is 16.4 Å². The lowest BCUT2D eigenvalue weighted by Crippen LogP contribution is -2.32. The summed E-state index contributed by atoms with van der Waals surface area (Å²) in [5.41, 5.74) is 12.7. The van der Waals surface area contributed by atoms with E-state index in [2.05, 4.69) is 32.0 Å². The molecule has 1 aromatic carbocycles. The quantitative estimate of drug-likeness (QED) is 0.580. The number of fused-ring (bicyclic) bond motifs is 1. The first-order valence-electron chi connectivity index (χ1n) is 10.7. The minimum Gasteiger partial charge on any atom is -0.381 e. The Kier molecular flexibility index (Phi) is 5.44. The van der Waals surface area contributed by atoms with Crippen LogP contribution >= 0.6 is 11.8 Å². The maximum atomic E-state index is 13.3. The van der Waals surface area contributed by atoms with Gasteiger partial charge in [0.25, 0.3) is 0 Å². The van der Waals surface area contributed by atoms with E-state index in [0.29, 0.717) is 24.2 Å². The Labute approximate surface area is 193 Å². The number of anilines is 2. The van der Waals surface area contributed by atoms with Crippen LogP contribution in [0.4, 0.5) is 24.8 Å². The first-order chi connectivity index (χ1) is 15.8. The number of alkyl halides is 3. The molecule has 1 saturated carbocycles. The van der Waals surface area contributed by atoms with Crippen molar-refractivity contribution in [3.63, 3.8) is 0 Å². The Morgan fingerprint density at radius 3 is 2.58 bits per heavy atom. The summed E-state index contributed by atoms with van der Waals surface area (Å²) in [4.78, 5) is 14.4. The van der Waals surface area contributed by atoms with Gasteiger partial charge in [-0.1, -0.05) is 42.1 Å². The maximum Gasteiger partial charge on any atom is 0.434 e. The minimum absolute atomic E-state index is 0.0148. The Bertz CT molecular complexity index is 1160. The van der Waals surface area contributed by atoms with Crippen molar-refractivity contribution >= 4 is 23.4 Å². The summed E-state index contributed by atoms with van der Waals surface area (Å²) in [7, 11) is 0. The number of nitrogens with zero attached hydrogens (tertiary/aromatic N) is 4. The van der Waals surface area contributed by atoms with Gasteiger partial charge in [-0.05, 0) is 36.0 Å². The van der Waals surface area contributed by atoms with Gasteiger partial charge in [-0.3, -0.25) is 4.98 Å². The van der Waals surface area contributed by atoms with Gasteiger partial charge in [-0.25, -0.2) is 9.97 Å². The number of hydrogen-bond donors (Lipinski definition) is 2. The second-order valence-electron chi connectivity index (χ2n) is 8.43. The van der Waals surface area contributed by atoms with E-state index in [-0.39, 0.29) is 21.2 Å². The predicted molar refractivity (Wildman–Crippen MR) is 121 cm³/mol. The summed E-state index contributed by atoms with van der Waals surface area (Å²) in [6.45, 7) is 2.19. The Hall–Kier alpha value is -2.85. The number of halogens is 3. The summed E-state index contributed by atoms with van der Waals surface area (Å²) in [6.07, 6.45) is -0.880. The normalized spacial score (nSPS) is 24.4. The van der Waals surface area contributed by atoms with Crippen molar-refractivity contribution in [2.75, 3.05) is 30.3 Å². The number of rotatable bonds is 5. The third kappa shape index (κ3) is 3.80. The molecule has 1 saturated heterocycles. The van der Waals surface area contributed by atoms with Crippen molar-refractivity contribution in [1.29, 1.82) is 0 Å². The van der Waals surface area contributed by atoms with Crippen LogP contribution in [0.1, 0.15) is 17.7 Å². The fourth-order valence-electron chi connectivity index (χ4n) is 5.19. The van der Waals surface area contributed by atoms with E-state index in [9.17, 15) is 13.2 Å². The van der Waals surface area contributed by atoms with Gasteiger partial charge >= 0.3 is 6.18 Å². The van der Waals surface area contributed by atoms with Crippen LogP contribution in [0, 0.1) is 11.8 Å². The third-order valence-corrected chi connectivity index (χ3v) is 7.85. The molecule has 4 N–H and O–H groups in total. The molecular weight excluding hydrogens is 449 g/mol. The van der Waals surface area contributed by atoms with E-state index in [1.807, 2.05) is 18.2 Å². The summed E-state index contributed by atoms with van der Waals surface area (Å²) in [6, 6.07) is 13.2. The Balaban J connectivity index is 1.34. The van der Waals surface area contributed by atoms with Crippen LogP contribution in [-0.4, -0.2) is 34.6 Å². The zero-order valence-corrected chi connectivity index (χ0v) is 18.5. The molecule has 2 fully saturated rings. The fraction of sp³-hybridized carbons (Fsp3) is 0.348. The van der Waals surface area contributed by atoms with Gasteiger partial charge in [0.2, 0.25) is 0 Å². The SMILES string of the molecule is NC[C@]1(c2ccccc2)[C@@H]2CCN(c3cnc(Sc4cccnc4C(F)(F)F)c(N)n3)C[C@@H]21. The number of aromatic nitrogens is 3. The number of nitrogen functional groups attached to an aromatic ring is 1. The third-order valence-electron chi connectivity index (χ3n) is 6.80. The van der Waals surface area contributed by atoms with Crippen LogP contribution in [0.25, 0.3) is 0 Å². The molecule has 2 aromatic heterocycles. The average Bonchev–Trinajstić information content (AvgIpc) is 3.48. The summed E-state index contributed by atoms with van der Waals surface area (Å²) < 4.78 is 39.8. The number of benzene rings is 1. The van der Waals surface area contributed by atoms with E-state index >= 15 is 0 Å². The molecule has 3 atom stereocenters. The topological polar surface area (TPSA) is 94.0 Å². The van der Waals surface area contributed by atoms with Crippen molar-refractivity contribution in [2.45, 2.75) is 27.9 Å². The van der Waals surface area contributed by atoms with Gasteiger partial charge in [0.15, 0.2) is 11.5 Å². The van der Waals surface area contributed by atoms with E-state index in [0.717, 1.165) is 37.5 Å². The maximum absolute atomic E-state index is 13.3. The lowest BCUT2D eigenvalue weighted by Gasteiger charge is -2.27. The molecule has 0 unspecified atom stereocenters. The van der Waals surface area contributed by atoms with Gasteiger partial charge in [-0.15, -0.1) is 0 Å². The van der Waals surface area contributed by atoms with E-state index in [4.69, 9.17) is 11.5 Å². The molecule has 3 aromatic rings. The Morgan fingerprint density at radius 2 is 1.88 bits per heavy atom. The number of pyridine rings is 1. The lowest BCUT2D eigenvalue weighted by molar-refractivity contribution is -0.143. The summed E-state index contributed by atoms with van der Waals surface area (Å²) >= 11 is 0.816. The number of nitrogens with two attached hydrogens (primary N) is 2. The molecule has 5 rings (SSSR count). The van der Waals surface area contributed by atoms with Crippen molar-refractivity contribution in [3.8, 4) is 0 Å². The highest BCUT2D eigenvalue weighted by Crippen LogP contribution is 2.63. The van der Waals surface area contributed by atoms with Gasteiger partial charge in [0, 0.05) is 36.1 Å². The van der Waals surface area contributed by atoms with Crippen LogP contribution in [-0.2, 0) is 11.6 Å². The standard InChI is InChI=1S/C23H23F3N6S/c24-23(25,26)19-17(7-4-9-29-19)33-21-20(28)31-18(11-30-21)32-10-8-15-16(12-32)22(15,13-27)14-5-2-1-3-6-14/h1-7,9,11,15-16H,8,10,12-13,27H2,(H2,28,31)/t15-,16+,22+/m1/s1. The number of piperidine rings is 1. The second-order valence-corrected chi connectivity index (χ2v) is 9.46. The molecule has 0 amide bonds. The fourth-order valence-corrected chi connectivity index (χ4v) is 6.06. The average molecular weight is 473 g/mol. The molecule has 2 aliphatic rings. The van der Waals surface area contributed by atoms with Gasteiger partial charge in [-0.2, -0.15) is 13.2 Å². The van der Waals surface area contributed by atoms with Gasteiger partial charge in [0.05, 0.1) is 6.20 Å². The Morgan fingerprint density at radius 1 is 1.09 bits per heavy atom. The molecule has 3 heterocycles. The molecule has 0 radical (unpaired) electrons. The monoisotopic (exact) mass is 472 g/mol. The molecule has 1 aliphatic carbocycles. The van der Waals surface area contributed by atoms with Crippen LogP contribution in [0.3, 0.4) is 0 Å². The zero-order chi connectivity index (χ0) is 23.2. The molecule has 33 heavy (non-hydrogen) atoms.